The SMILES string of the molecule is O=S(=O)(O)C(F)(F)F.O=S(=O)(O)C(F)(F)F.[Cl-].[Cl-].[Ti+2]. The number of halogens is 8. The van der Waals surface area contributed by atoms with Crippen LogP contribution in [0.1, 0.15) is 0 Å². The Morgan fingerprint density at radius 2 is 0.684 bits per heavy atom. The van der Waals surface area contributed by atoms with Crippen molar-refractivity contribution < 1.29 is 98.8 Å². The molecule has 0 aromatic heterocycles. The van der Waals surface area contributed by atoms with E-state index < -0.39 is 31.3 Å². The van der Waals surface area contributed by atoms with Crippen molar-refractivity contribution in [2.45, 2.75) is 11.0 Å². The first-order valence-electron chi connectivity index (χ1n) is 2.57. The molecular formula is C2H2Cl2F6O6S2Ti. The minimum Gasteiger partial charge on any atom is -1.00 e. The van der Waals surface area contributed by atoms with Gasteiger partial charge in [0.1, 0.15) is 0 Å². The van der Waals surface area contributed by atoms with Crippen molar-refractivity contribution in [1.82, 2.24) is 0 Å². The second kappa shape index (κ2) is 9.60. The van der Waals surface area contributed by atoms with Gasteiger partial charge in [0.05, 0.1) is 0 Å². The van der Waals surface area contributed by atoms with Crippen LogP contribution in [0.4, 0.5) is 26.3 Å². The van der Waals surface area contributed by atoms with E-state index in [0.29, 0.717) is 0 Å². The van der Waals surface area contributed by atoms with Gasteiger partial charge in [-0.25, -0.2) is 0 Å². The van der Waals surface area contributed by atoms with Crippen LogP contribution >= 0.6 is 0 Å². The van der Waals surface area contributed by atoms with Crippen LogP contribution < -0.4 is 24.8 Å². The Morgan fingerprint density at radius 3 is 0.684 bits per heavy atom. The predicted octanol–water partition coefficient (Wildman–Crippen LogP) is -5.21. The second-order valence-electron chi connectivity index (χ2n) is 1.84. The summed E-state index contributed by atoms with van der Waals surface area (Å²) in [6.45, 7) is 0. The molecule has 0 unspecified atom stereocenters. The van der Waals surface area contributed by atoms with Crippen LogP contribution in [0.25, 0.3) is 0 Å². The van der Waals surface area contributed by atoms with Crippen molar-refractivity contribution in [3.8, 4) is 0 Å². The van der Waals surface area contributed by atoms with Gasteiger partial charge in [0, 0.05) is 0 Å². The van der Waals surface area contributed by atoms with E-state index in [-0.39, 0.29) is 46.5 Å². The Kier molecular flexibility index (Phi) is 16.1. The van der Waals surface area contributed by atoms with Crippen molar-refractivity contribution in [1.29, 1.82) is 0 Å². The monoisotopic (exact) mass is 418 g/mol. The average molecular weight is 419 g/mol. The van der Waals surface area contributed by atoms with Crippen molar-refractivity contribution in [3.63, 3.8) is 0 Å². The van der Waals surface area contributed by atoms with Crippen LogP contribution in [0.15, 0.2) is 0 Å². The summed E-state index contributed by atoms with van der Waals surface area (Å²) in [7, 11) is -11.7. The molecule has 0 aromatic carbocycles. The second-order valence-corrected chi connectivity index (χ2v) is 4.67. The summed E-state index contributed by atoms with van der Waals surface area (Å²) < 4.78 is 115. The average Bonchev–Trinajstić information content (AvgIpc) is 1.77. The Labute approximate surface area is 130 Å². The third kappa shape index (κ3) is 14.9. The minimum absolute atomic E-state index is 0. The largest absolute Gasteiger partial charge is 2.00 e. The molecule has 0 amide bonds. The molecule has 0 fully saturated rings. The molecule has 0 spiro atoms. The summed E-state index contributed by atoms with van der Waals surface area (Å²) in [5.41, 5.74) is -11.1. The molecule has 0 saturated heterocycles. The Morgan fingerprint density at radius 1 is 0.632 bits per heavy atom. The van der Waals surface area contributed by atoms with Gasteiger partial charge < -0.3 is 24.8 Å². The van der Waals surface area contributed by atoms with E-state index in [4.69, 9.17) is 25.9 Å². The van der Waals surface area contributed by atoms with Gasteiger partial charge in [-0.15, -0.1) is 0 Å². The maximum absolute atomic E-state index is 10.7. The number of hydrogen-bond donors (Lipinski definition) is 2. The Hall–Kier alpha value is 0.694. The van der Waals surface area contributed by atoms with Crippen LogP contribution in [0.3, 0.4) is 0 Å². The molecule has 0 rings (SSSR count). The molecule has 0 atom stereocenters. The van der Waals surface area contributed by atoms with E-state index >= 15 is 0 Å². The van der Waals surface area contributed by atoms with Gasteiger partial charge in [-0.3, -0.25) is 9.11 Å². The summed E-state index contributed by atoms with van der Waals surface area (Å²) in [5, 5.41) is 0. The molecule has 0 bridgehead atoms. The number of hydrogen-bond acceptors (Lipinski definition) is 4. The van der Waals surface area contributed by atoms with Crippen LogP contribution in [-0.4, -0.2) is 37.0 Å². The zero-order valence-electron chi connectivity index (χ0n) is 7.87. The molecule has 2 N–H and O–H groups in total. The smallest absolute Gasteiger partial charge is 1.00 e. The normalized spacial score (nSPS) is 11.8. The van der Waals surface area contributed by atoms with Crippen molar-refractivity contribution in [3.05, 3.63) is 0 Å². The van der Waals surface area contributed by atoms with Gasteiger partial charge in [-0.05, 0) is 0 Å². The van der Waals surface area contributed by atoms with Crippen molar-refractivity contribution >= 4 is 20.2 Å². The van der Waals surface area contributed by atoms with Gasteiger partial charge >= 0.3 is 53.0 Å². The van der Waals surface area contributed by atoms with Gasteiger partial charge in [-0.2, -0.15) is 43.2 Å². The van der Waals surface area contributed by atoms with Gasteiger partial charge in [-0.1, -0.05) is 0 Å². The van der Waals surface area contributed by atoms with Crippen molar-refractivity contribution in [2.75, 3.05) is 0 Å². The maximum Gasteiger partial charge on any atom is 2.00 e. The van der Waals surface area contributed by atoms with E-state index in [1.54, 1.807) is 0 Å². The first-order valence-corrected chi connectivity index (χ1v) is 5.45. The molecule has 0 heterocycles. The zero-order valence-corrected chi connectivity index (χ0v) is 12.6. The quantitative estimate of drug-likeness (QED) is 0.176. The van der Waals surface area contributed by atoms with Gasteiger partial charge in [0.25, 0.3) is 0 Å². The van der Waals surface area contributed by atoms with Crippen LogP contribution in [-0.2, 0) is 42.0 Å². The van der Waals surface area contributed by atoms with E-state index in [2.05, 4.69) is 0 Å². The van der Waals surface area contributed by atoms with E-state index in [0.717, 1.165) is 0 Å². The first-order chi connectivity index (χ1) is 6.50. The molecule has 0 aromatic rings. The van der Waals surface area contributed by atoms with Crippen LogP contribution in [0, 0.1) is 0 Å². The fourth-order valence-corrected chi connectivity index (χ4v) is 0. The fraction of sp³-hybridized carbons (Fsp3) is 1.00. The predicted molar refractivity (Wildman–Crippen MR) is 35.2 cm³/mol. The first kappa shape index (κ1) is 31.9. The van der Waals surface area contributed by atoms with E-state index in [1.807, 2.05) is 0 Å². The molecule has 6 nitrogen and oxygen atoms in total. The third-order valence-electron chi connectivity index (χ3n) is 0.585. The molecular weight excluding hydrogens is 417 g/mol. The standard InChI is InChI=1S/2CHF3O3S.2ClH.Ti/c2*2-1(3,4)8(5,6)7;;;/h2*(H,5,6,7);2*1H;/q;;;;+2/p-2. The summed E-state index contributed by atoms with van der Waals surface area (Å²) in [6, 6.07) is 0. The Balaban J connectivity index is -0.0000000594. The molecule has 19 heavy (non-hydrogen) atoms. The topological polar surface area (TPSA) is 109 Å². The molecule has 0 aliphatic heterocycles. The van der Waals surface area contributed by atoms with Gasteiger partial charge in [0.15, 0.2) is 0 Å². The molecule has 0 radical (unpaired) electrons. The maximum atomic E-state index is 10.7. The molecule has 118 valence electrons. The molecule has 0 aliphatic rings. The zero-order chi connectivity index (χ0) is 14.0. The summed E-state index contributed by atoms with van der Waals surface area (Å²) in [4.78, 5) is 0. The molecule has 17 heteroatoms. The van der Waals surface area contributed by atoms with Crippen LogP contribution in [0.5, 0.6) is 0 Å². The minimum atomic E-state index is -5.84. The fourth-order valence-electron chi connectivity index (χ4n) is 0. The van der Waals surface area contributed by atoms with Gasteiger partial charge in [0.2, 0.25) is 0 Å². The number of alkyl halides is 6. The summed E-state index contributed by atoms with van der Waals surface area (Å²) in [6.07, 6.45) is 0. The summed E-state index contributed by atoms with van der Waals surface area (Å²) >= 11 is 0. The molecule has 0 saturated carbocycles. The third-order valence-corrected chi connectivity index (χ3v) is 1.75. The number of rotatable bonds is 0. The van der Waals surface area contributed by atoms with E-state index in [9.17, 15) is 26.3 Å². The summed E-state index contributed by atoms with van der Waals surface area (Å²) in [5.74, 6) is 0. The van der Waals surface area contributed by atoms with Crippen LogP contribution in [0.2, 0.25) is 0 Å². The van der Waals surface area contributed by atoms with Crippen molar-refractivity contribution in [2.24, 2.45) is 0 Å². The Bertz CT molecular complexity index is 384. The van der Waals surface area contributed by atoms with E-state index in [1.165, 1.54) is 0 Å². The molecule has 0 aliphatic carbocycles.